The Bertz CT molecular complexity index is 1320. The van der Waals surface area contributed by atoms with Gasteiger partial charge >= 0.3 is 5.97 Å². The number of methoxy groups -OCH3 is 1. The van der Waals surface area contributed by atoms with Gasteiger partial charge in [-0.2, -0.15) is 0 Å². The minimum Gasteiger partial charge on any atom is -0.465 e. The molecule has 35 heavy (non-hydrogen) atoms. The molecule has 0 bridgehead atoms. The van der Waals surface area contributed by atoms with Gasteiger partial charge in [0.15, 0.2) is 5.78 Å². The van der Waals surface area contributed by atoms with Crippen molar-refractivity contribution in [2.75, 3.05) is 12.0 Å². The van der Waals surface area contributed by atoms with Gasteiger partial charge in [-0.25, -0.2) is 9.69 Å². The largest absolute Gasteiger partial charge is 0.465 e. The van der Waals surface area contributed by atoms with Crippen LogP contribution in [-0.4, -0.2) is 41.6 Å². The Kier molecular flexibility index (Phi) is 5.29. The van der Waals surface area contributed by atoms with Gasteiger partial charge in [0.25, 0.3) is 0 Å². The molecular formula is C27H28N2O5S. The molecule has 0 radical (unpaired) electrons. The van der Waals surface area contributed by atoms with Crippen molar-refractivity contribution in [2.24, 2.45) is 17.3 Å². The molecule has 7 nitrogen and oxygen atoms in total. The summed E-state index contributed by atoms with van der Waals surface area (Å²) in [6, 6.07) is 6.54. The van der Waals surface area contributed by atoms with Crippen LogP contribution in [0, 0.1) is 31.1 Å². The van der Waals surface area contributed by atoms with E-state index in [9.17, 15) is 19.2 Å². The van der Waals surface area contributed by atoms with Crippen LogP contribution in [-0.2, 0) is 19.1 Å². The molecule has 4 atom stereocenters. The van der Waals surface area contributed by atoms with Gasteiger partial charge in [-0.3, -0.25) is 14.4 Å². The first-order valence-electron chi connectivity index (χ1n) is 11.6. The Morgan fingerprint density at radius 1 is 1.03 bits per heavy atom. The van der Waals surface area contributed by atoms with E-state index in [4.69, 9.17) is 4.74 Å². The van der Waals surface area contributed by atoms with Crippen LogP contribution in [0.15, 0.2) is 30.5 Å². The zero-order valence-corrected chi connectivity index (χ0v) is 21.4. The number of esters is 1. The van der Waals surface area contributed by atoms with Crippen LogP contribution < -0.4 is 4.90 Å². The first kappa shape index (κ1) is 23.5. The second-order valence-electron chi connectivity index (χ2n) is 10.4. The van der Waals surface area contributed by atoms with E-state index < -0.39 is 41.2 Å². The second kappa shape index (κ2) is 7.88. The van der Waals surface area contributed by atoms with Crippen molar-refractivity contribution in [3.8, 4) is 0 Å². The predicted octanol–water partition coefficient (Wildman–Crippen LogP) is 4.28. The van der Waals surface area contributed by atoms with E-state index >= 15 is 0 Å². The van der Waals surface area contributed by atoms with Gasteiger partial charge in [-0.1, -0.05) is 45.0 Å². The number of thiophene rings is 1. The lowest BCUT2D eigenvalue weighted by Gasteiger charge is -2.37. The summed E-state index contributed by atoms with van der Waals surface area (Å²) < 4.78 is 4.98. The normalized spacial score (nSPS) is 25.0. The van der Waals surface area contributed by atoms with E-state index in [1.165, 1.54) is 18.4 Å². The van der Waals surface area contributed by atoms with E-state index in [1.807, 2.05) is 69.1 Å². The molecule has 8 heteroatoms. The molecule has 3 aliphatic rings. The minimum absolute atomic E-state index is 0.0891. The fraction of sp³-hybridized carbons (Fsp3) is 0.407. The molecule has 0 spiro atoms. The van der Waals surface area contributed by atoms with Crippen LogP contribution in [0.1, 0.15) is 58.7 Å². The van der Waals surface area contributed by atoms with E-state index in [1.54, 1.807) is 6.92 Å². The van der Waals surface area contributed by atoms with Crippen molar-refractivity contribution in [1.82, 2.24) is 4.90 Å². The summed E-state index contributed by atoms with van der Waals surface area (Å²) in [6.45, 7) is 9.12. The van der Waals surface area contributed by atoms with E-state index in [0.717, 1.165) is 20.9 Å². The molecule has 2 amide bonds. The monoisotopic (exact) mass is 492 g/mol. The number of fused-ring (bicyclic) bond motifs is 5. The number of hydrogen-bond donors (Lipinski definition) is 0. The van der Waals surface area contributed by atoms with Gasteiger partial charge in [0.1, 0.15) is 11.0 Å². The number of ketones is 1. The van der Waals surface area contributed by atoms with E-state index in [2.05, 4.69) is 0 Å². The van der Waals surface area contributed by atoms with Crippen LogP contribution in [0.2, 0.25) is 0 Å². The molecule has 0 unspecified atom stereocenters. The number of amides is 2. The Labute approximate surface area is 208 Å². The van der Waals surface area contributed by atoms with E-state index in [-0.39, 0.29) is 22.3 Å². The number of nitrogens with zero attached hydrogens (tertiary/aromatic N) is 2. The standard InChI is InChI=1S/C27H28N2O5S/c1-13-14(2)35-25(17(13)26(33)34-6)29-23(31)18-19(24(29)32)21(22(30)27(3,4)5)28-12-11-15-9-7-8-10-16(15)20(18)28/h7-12,18-21H,1-6H3/t18-,19+,20+,21-/m0/s1. The summed E-state index contributed by atoms with van der Waals surface area (Å²) in [6.07, 6.45) is 3.79. The highest BCUT2D eigenvalue weighted by Crippen LogP contribution is 2.55. The summed E-state index contributed by atoms with van der Waals surface area (Å²) >= 11 is 1.23. The lowest BCUT2D eigenvalue weighted by Crippen LogP contribution is -2.47. The number of carbonyl (C=O) groups excluding carboxylic acids is 4. The highest BCUT2D eigenvalue weighted by Gasteiger charge is 2.65. The molecule has 182 valence electrons. The van der Waals surface area contributed by atoms with Crippen molar-refractivity contribution in [1.29, 1.82) is 0 Å². The average molecular weight is 493 g/mol. The molecule has 1 aromatic carbocycles. The Balaban J connectivity index is 1.69. The quantitative estimate of drug-likeness (QED) is 0.470. The lowest BCUT2D eigenvalue weighted by atomic mass is 9.79. The number of anilines is 1. The molecule has 5 rings (SSSR count). The molecule has 4 heterocycles. The number of carbonyl (C=O) groups is 4. The molecule has 2 fully saturated rings. The van der Waals surface area contributed by atoms with Crippen molar-refractivity contribution < 1.29 is 23.9 Å². The number of rotatable bonds is 3. The van der Waals surface area contributed by atoms with Gasteiger partial charge in [0, 0.05) is 16.5 Å². The van der Waals surface area contributed by atoms with E-state index in [0.29, 0.717) is 5.56 Å². The molecule has 2 aromatic rings. The number of Topliss-reactive ketones (excluding diaryl/α,β-unsaturated/α-hetero) is 1. The Morgan fingerprint density at radius 3 is 2.34 bits per heavy atom. The number of ether oxygens (including phenoxy) is 1. The number of aryl methyl sites for hydroxylation is 1. The maximum Gasteiger partial charge on any atom is 0.341 e. The van der Waals surface area contributed by atoms with Crippen molar-refractivity contribution in [3.63, 3.8) is 0 Å². The maximum atomic E-state index is 14.1. The number of hydrogen-bond acceptors (Lipinski definition) is 7. The molecule has 1 aromatic heterocycles. The molecule has 0 saturated carbocycles. The highest BCUT2D eigenvalue weighted by molar-refractivity contribution is 7.17. The van der Waals surface area contributed by atoms with Crippen LogP contribution in [0.3, 0.4) is 0 Å². The third kappa shape index (κ3) is 3.22. The Morgan fingerprint density at radius 2 is 1.69 bits per heavy atom. The second-order valence-corrected chi connectivity index (χ2v) is 11.6. The molecule has 2 saturated heterocycles. The minimum atomic E-state index is -0.844. The molecule has 0 N–H and O–H groups in total. The smallest absolute Gasteiger partial charge is 0.341 e. The van der Waals surface area contributed by atoms with Crippen LogP contribution in [0.25, 0.3) is 6.08 Å². The maximum absolute atomic E-state index is 14.1. The fourth-order valence-electron chi connectivity index (χ4n) is 5.61. The summed E-state index contributed by atoms with van der Waals surface area (Å²) in [7, 11) is 1.28. The number of imide groups is 1. The number of benzene rings is 1. The zero-order valence-electron chi connectivity index (χ0n) is 20.6. The SMILES string of the molecule is COC(=O)c1c(N2C(=O)[C@@H]3[C@H](C2=O)[C@H]2c4ccccc4C=CN2[C@@H]3C(=O)C(C)(C)C)sc(C)c1C. The van der Waals surface area contributed by atoms with Crippen LogP contribution in [0.4, 0.5) is 5.00 Å². The van der Waals surface area contributed by atoms with Gasteiger partial charge < -0.3 is 9.64 Å². The van der Waals surface area contributed by atoms with Gasteiger partial charge in [-0.05, 0) is 36.6 Å². The van der Waals surface area contributed by atoms with Gasteiger partial charge in [0.05, 0.1) is 30.6 Å². The summed E-state index contributed by atoms with van der Waals surface area (Å²) in [5.74, 6) is -3.07. The zero-order chi connectivity index (χ0) is 25.4. The molecule has 0 aliphatic carbocycles. The predicted molar refractivity (Wildman–Crippen MR) is 133 cm³/mol. The first-order valence-corrected chi connectivity index (χ1v) is 12.5. The van der Waals surface area contributed by atoms with Crippen LogP contribution in [0.5, 0.6) is 0 Å². The summed E-state index contributed by atoms with van der Waals surface area (Å²) in [5, 5.41) is 0.282. The highest BCUT2D eigenvalue weighted by atomic mass is 32.1. The van der Waals surface area contributed by atoms with Gasteiger partial charge in [0.2, 0.25) is 11.8 Å². The summed E-state index contributed by atoms with van der Waals surface area (Å²) in [5.41, 5.74) is 2.09. The fourth-order valence-corrected chi connectivity index (χ4v) is 6.76. The average Bonchev–Trinajstić information content (AvgIpc) is 3.40. The third-order valence-corrected chi connectivity index (χ3v) is 8.62. The lowest BCUT2D eigenvalue weighted by molar-refractivity contribution is -0.135. The van der Waals surface area contributed by atoms with Crippen molar-refractivity contribution >= 4 is 46.0 Å². The molecular weight excluding hydrogens is 464 g/mol. The molecule has 3 aliphatic heterocycles. The summed E-state index contributed by atoms with van der Waals surface area (Å²) in [4.78, 5) is 58.3. The third-order valence-electron chi connectivity index (χ3n) is 7.43. The van der Waals surface area contributed by atoms with Crippen molar-refractivity contribution in [2.45, 2.75) is 46.7 Å². The van der Waals surface area contributed by atoms with Crippen LogP contribution >= 0.6 is 11.3 Å². The van der Waals surface area contributed by atoms with Crippen molar-refractivity contribution in [3.05, 3.63) is 57.6 Å². The Hall–Kier alpha value is -3.26. The first-order chi connectivity index (χ1) is 16.5. The van der Waals surface area contributed by atoms with Gasteiger partial charge in [-0.15, -0.1) is 11.3 Å². The topological polar surface area (TPSA) is 84.0 Å².